The highest BCUT2D eigenvalue weighted by Crippen LogP contribution is 2.65. The zero-order valence-electron chi connectivity index (χ0n) is 10.9. The van der Waals surface area contributed by atoms with Crippen LogP contribution in [0, 0.1) is 11.7 Å². The molecule has 2 aromatic rings. The highest BCUT2D eigenvalue weighted by atomic mass is 35.5. The lowest BCUT2D eigenvalue weighted by atomic mass is 10.1. The maximum Gasteiger partial charge on any atom is 0.231 e. The fourth-order valence-electron chi connectivity index (χ4n) is 2.48. The fraction of sp³-hybridized carbons (Fsp3) is 0.188. The standard InChI is InChI=1S/C16H12Cl2FNO/c17-16(18)13(10-4-2-1-3-5-10)14(16)15(21)20-12-8-6-11(19)7-9-12/h1-9,13-14H,(H,20,21)/t13-,14+/m1/s1. The number of benzene rings is 2. The van der Waals surface area contributed by atoms with Crippen molar-refractivity contribution in [2.45, 2.75) is 10.3 Å². The van der Waals surface area contributed by atoms with Gasteiger partial charge in [-0.15, -0.1) is 23.2 Å². The van der Waals surface area contributed by atoms with Crippen molar-refractivity contribution < 1.29 is 9.18 Å². The molecular weight excluding hydrogens is 312 g/mol. The summed E-state index contributed by atoms with van der Waals surface area (Å²) in [6.45, 7) is 0. The predicted octanol–water partition coefficient (Wildman–Crippen LogP) is 4.35. The Bertz CT molecular complexity index is 658. The number of rotatable bonds is 3. The minimum Gasteiger partial charge on any atom is -0.326 e. The molecule has 1 saturated carbocycles. The van der Waals surface area contributed by atoms with Gasteiger partial charge >= 0.3 is 0 Å². The summed E-state index contributed by atoms with van der Waals surface area (Å²) >= 11 is 12.5. The van der Waals surface area contributed by atoms with Gasteiger partial charge in [-0.25, -0.2) is 4.39 Å². The first-order valence-electron chi connectivity index (χ1n) is 6.49. The number of halogens is 3. The summed E-state index contributed by atoms with van der Waals surface area (Å²) in [5.41, 5.74) is 1.45. The maximum absolute atomic E-state index is 12.8. The molecule has 2 atom stereocenters. The summed E-state index contributed by atoms with van der Waals surface area (Å²) in [4.78, 5) is 12.3. The van der Waals surface area contributed by atoms with Crippen LogP contribution in [-0.4, -0.2) is 10.2 Å². The summed E-state index contributed by atoms with van der Waals surface area (Å²) in [6.07, 6.45) is 0. The normalized spacial score (nSPS) is 22.6. The summed E-state index contributed by atoms with van der Waals surface area (Å²) in [5.74, 6) is -1.37. The molecule has 2 aromatic carbocycles. The van der Waals surface area contributed by atoms with Gasteiger partial charge in [-0.1, -0.05) is 30.3 Å². The van der Waals surface area contributed by atoms with E-state index in [-0.39, 0.29) is 17.6 Å². The molecule has 1 fully saturated rings. The van der Waals surface area contributed by atoms with E-state index in [0.29, 0.717) is 5.69 Å². The molecular formula is C16H12Cl2FNO. The summed E-state index contributed by atoms with van der Waals surface area (Å²) in [5, 5.41) is 2.71. The molecule has 2 nitrogen and oxygen atoms in total. The third-order valence-electron chi connectivity index (χ3n) is 3.61. The van der Waals surface area contributed by atoms with Crippen molar-refractivity contribution in [3.05, 3.63) is 66.0 Å². The summed E-state index contributed by atoms with van der Waals surface area (Å²) in [6, 6.07) is 15.0. The van der Waals surface area contributed by atoms with E-state index < -0.39 is 10.3 Å². The molecule has 1 aliphatic rings. The van der Waals surface area contributed by atoms with Crippen LogP contribution in [0.15, 0.2) is 54.6 Å². The minimum absolute atomic E-state index is 0.234. The third kappa shape index (κ3) is 2.76. The molecule has 1 aliphatic carbocycles. The number of carbonyl (C=O) groups is 1. The quantitative estimate of drug-likeness (QED) is 0.836. The second-order valence-electron chi connectivity index (χ2n) is 5.04. The number of anilines is 1. The molecule has 1 amide bonds. The molecule has 0 aromatic heterocycles. The van der Waals surface area contributed by atoms with Gasteiger partial charge in [0.15, 0.2) is 0 Å². The van der Waals surface area contributed by atoms with E-state index in [4.69, 9.17) is 23.2 Å². The molecule has 0 spiro atoms. The molecule has 0 unspecified atom stereocenters. The van der Waals surface area contributed by atoms with Gasteiger partial charge in [-0.3, -0.25) is 4.79 Å². The molecule has 0 saturated heterocycles. The van der Waals surface area contributed by atoms with E-state index in [0.717, 1.165) is 5.56 Å². The Labute approximate surface area is 131 Å². The van der Waals surface area contributed by atoms with Crippen LogP contribution in [0.4, 0.5) is 10.1 Å². The number of hydrogen-bond donors (Lipinski definition) is 1. The van der Waals surface area contributed by atoms with Crippen LogP contribution in [0.25, 0.3) is 0 Å². The highest BCUT2D eigenvalue weighted by Gasteiger charge is 2.67. The van der Waals surface area contributed by atoms with Gasteiger partial charge in [-0.05, 0) is 29.8 Å². The van der Waals surface area contributed by atoms with Crippen molar-refractivity contribution >= 4 is 34.8 Å². The van der Waals surface area contributed by atoms with Crippen molar-refractivity contribution in [2.75, 3.05) is 5.32 Å². The summed E-state index contributed by atoms with van der Waals surface area (Å²) in [7, 11) is 0. The Morgan fingerprint density at radius 1 is 1.05 bits per heavy atom. The second kappa shape index (κ2) is 5.32. The Morgan fingerprint density at radius 3 is 2.29 bits per heavy atom. The lowest BCUT2D eigenvalue weighted by molar-refractivity contribution is -0.117. The first-order valence-corrected chi connectivity index (χ1v) is 7.25. The van der Waals surface area contributed by atoms with Crippen LogP contribution < -0.4 is 5.32 Å². The van der Waals surface area contributed by atoms with Gasteiger partial charge in [0.25, 0.3) is 0 Å². The van der Waals surface area contributed by atoms with E-state index in [1.807, 2.05) is 30.3 Å². The SMILES string of the molecule is O=C(Nc1ccc(F)cc1)[C@@H]1[C@@H](c2ccccc2)C1(Cl)Cl. The number of amides is 1. The van der Waals surface area contributed by atoms with Crippen molar-refractivity contribution in [1.29, 1.82) is 0 Å². The molecule has 0 bridgehead atoms. The van der Waals surface area contributed by atoms with Crippen LogP contribution in [0.1, 0.15) is 11.5 Å². The molecule has 5 heteroatoms. The lowest BCUT2D eigenvalue weighted by Gasteiger charge is -2.04. The van der Waals surface area contributed by atoms with E-state index in [2.05, 4.69) is 5.32 Å². The third-order valence-corrected chi connectivity index (χ3v) is 4.55. The molecule has 108 valence electrons. The smallest absolute Gasteiger partial charge is 0.231 e. The molecule has 3 rings (SSSR count). The van der Waals surface area contributed by atoms with Gasteiger partial charge in [0.1, 0.15) is 10.2 Å². The first kappa shape index (κ1) is 14.4. The van der Waals surface area contributed by atoms with E-state index >= 15 is 0 Å². The van der Waals surface area contributed by atoms with E-state index in [1.54, 1.807) is 0 Å². The van der Waals surface area contributed by atoms with Gasteiger partial charge < -0.3 is 5.32 Å². The lowest BCUT2D eigenvalue weighted by Crippen LogP contribution is -2.17. The van der Waals surface area contributed by atoms with Crippen LogP contribution in [-0.2, 0) is 4.79 Å². The van der Waals surface area contributed by atoms with Gasteiger partial charge in [-0.2, -0.15) is 0 Å². The Morgan fingerprint density at radius 2 is 1.67 bits per heavy atom. The molecule has 0 aliphatic heterocycles. The minimum atomic E-state index is -1.11. The first-order chi connectivity index (χ1) is 10.00. The van der Waals surface area contributed by atoms with Crippen molar-refractivity contribution in [2.24, 2.45) is 5.92 Å². The van der Waals surface area contributed by atoms with Crippen molar-refractivity contribution in [3.8, 4) is 0 Å². The monoisotopic (exact) mass is 323 g/mol. The maximum atomic E-state index is 12.8. The van der Waals surface area contributed by atoms with Crippen molar-refractivity contribution in [1.82, 2.24) is 0 Å². The summed E-state index contributed by atoms with van der Waals surface area (Å²) < 4.78 is 11.7. The average molecular weight is 324 g/mol. The largest absolute Gasteiger partial charge is 0.326 e. The number of nitrogens with one attached hydrogen (secondary N) is 1. The zero-order chi connectivity index (χ0) is 15.0. The van der Waals surface area contributed by atoms with Crippen LogP contribution >= 0.6 is 23.2 Å². The molecule has 0 radical (unpaired) electrons. The van der Waals surface area contributed by atoms with Crippen LogP contribution in [0.2, 0.25) is 0 Å². The Kier molecular flexibility index (Phi) is 3.64. The molecule has 1 N–H and O–H groups in total. The molecule has 0 heterocycles. The van der Waals surface area contributed by atoms with Crippen LogP contribution in [0.5, 0.6) is 0 Å². The second-order valence-corrected chi connectivity index (χ2v) is 6.48. The Hall–Kier alpha value is -1.58. The zero-order valence-corrected chi connectivity index (χ0v) is 12.4. The number of alkyl halides is 2. The fourth-order valence-corrected chi connectivity index (χ4v) is 3.31. The van der Waals surface area contributed by atoms with Gasteiger partial charge in [0.05, 0.1) is 5.92 Å². The van der Waals surface area contributed by atoms with Crippen molar-refractivity contribution in [3.63, 3.8) is 0 Å². The highest BCUT2D eigenvalue weighted by molar-refractivity contribution is 6.53. The number of hydrogen-bond acceptors (Lipinski definition) is 1. The van der Waals surface area contributed by atoms with Gasteiger partial charge in [0.2, 0.25) is 5.91 Å². The average Bonchev–Trinajstić information content (AvgIpc) is 3.05. The van der Waals surface area contributed by atoms with Crippen LogP contribution in [0.3, 0.4) is 0 Å². The van der Waals surface area contributed by atoms with Gasteiger partial charge in [0, 0.05) is 11.6 Å². The van der Waals surface area contributed by atoms with E-state index in [1.165, 1.54) is 24.3 Å². The topological polar surface area (TPSA) is 29.1 Å². The Balaban J connectivity index is 1.75. The molecule has 21 heavy (non-hydrogen) atoms. The predicted molar refractivity (Wildman–Crippen MR) is 82.1 cm³/mol. The van der Waals surface area contributed by atoms with E-state index in [9.17, 15) is 9.18 Å². The number of carbonyl (C=O) groups excluding carboxylic acids is 1.